The van der Waals surface area contributed by atoms with Crippen molar-refractivity contribution in [2.45, 2.75) is 26.2 Å². The molecule has 1 rings (SSSR count). The molecule has 0 saturated carbocycles. The van der Waals surface area contributed by atoms with Gasteiger partial charge < -0.3 is 10.1 Å². The summed E-state index contributed by atoms with van der Waals surface area (Å²) < 4.78 is 18.6. The van der Waals surface area contributed by atoms with Crippen LogP contribution in [-0.4, -0.2) is 25.7 Å². The molecule has 0 spiro atoms. The Hall–Kier alpha value is -1.42. The van der Waals surface area contributed by atoms with Crippen molar-refractivity contribution < 1.29 is 13.9 Å². The highest BCUT2D eigenvalue weighted by Gasteiger charge is 2.09. The normalized spacial score (nSPS) is 10.3. The molecule has 1 N–H and O–H groups in total. The molecule has 0 heterocycles. The van der Waals surface area contributed by atoms with E-state index in [9.17, 15) is 9.18 Å². The van der Waals surface area contributed by atoms with E-state index < -0.39 is 5.82 Å². The average molecular weight is 253 g/mol. The number of hydrogen-bond acceptors (Lipinski definition) is 2. The monoisotopic (exact) mass is 253 g/mol. The molecule has 0 radical (unpaired) electrons. The van der Waals surface area contributed by atoms with E-state index in [4.69, 9.17) is 4.74 Å². The van der Waals surface area contributed by atoms with Crippen molar-refractivity contribution >= 4 is 5.91 Å². The van der Waals surface area contributed by atoms with Gasteiger partial charge in [0.1, 0.15) is 5.82 Å². The fourth-order valence-corrected chi connectivity index (χ4v) is 1.47. The van der Waals surface area contributed by atoms with E-state index in [2.05, 4.69) is 12.2 Å². The smallest absolute Gasteiger partial charge is 0.254 e. The molecule has 0 aliphatic heterocycles. The lowest BCUT2D eigenvalue weighted by atomic mass is 10.2. The molecule has 18 heavy (non-hydrogen) atoms. The van der Waals surface area contributed by atoms with Crippen LogP contribution in [0.1, 0.15) is 36.5 Å². The molecule has 0 unspecified atom stereocenters. The minimum absolute atomic E-state index is 0.0874. The number of rotatable bonds is 8. The minimum atomic E-state index is -0.491. The first-order valence-corrected chi connectivity index (χ1v) is 6.36. The van der Waals surface area contributed by atoms with Crippen LogP contribution < -0.4 is 5.32 Å². The van der Waals surface area contributed by atoms with Crippen LogP contribution in [0, 0.1) is 5.82 Å². The number of carbonyl (C=O) groups excluding carboxylic acids is 1. The zero-order valence-corrected chi connectivity index (χ0v) is 10.7. The predicted octanol–water partition coefficient (Wildman–Crippen LogP) is 2.76. The number of ether oxygens (including phenoxy) is 1. The van der Waals surface area contributed by atoms with Gasteiger partial charge in [-0.15, -0.1) is 0 Å². The Morgan fingerprint density at radius 1 is 1.28 bits per heavy atom. The number of carbonyl (C=O) groups is 1. The highest BCUT2D eigenvalue weighted by molar-refractivity contribution is 5.94. The predicted molar refractivity (Wildman–Crippen MR) is 69.1 cm³/mol. The quantitative estimate of drug-likeness (QED) is 0.723. The van der Waals surface area contributed by atoms with Gasteiger partial charge in [-0.05, 0) is 25.0 Å². The van der Waals surface area contributed by atoms with Gasteiger partial charge in [0.2, 0.25) is 0 Å². The van der Waals surface area contributed by atoms with Crippen molar-refractivity contribution in [3.05, 3.63) is 35.6 Å². The molecule has 3 nitrogen and oxygen atoms in total. The Bertz CT molecular complexity index is 369. The molecule has 4 heteroatoms. The molecule has 1 aromatic rings. The number of unbranched alkanes of at least 4 members (excludes halogenated alkanes) is 1. The van der Waals surface area contributed by atoms with Gasteiger partial charge in [-0.2, -0.15) is 0 Å². The highest BCUT2D eigenvalue weighted by atomic mass is 19.1. The standard InChI is InChI=1S/C14H20FNO2/c1-2-3-10-18-11-6-9-16-14(17)12-7-4-5-8-13(12)15/h4-5,7-8H,2-3,6,9-11H2,1H3,(H,16,17). The molecular weight excluding hydrogens is 233 g/mol. The van der Waals surface area contributed by atoms with Crippen molar-refractivity contribution in [2.75, 3.05) is 19.8 Å². The molecule has 0 bridgehead atoms. The third kappa shape index (κ3) is 5.27. The summed E-state index contributed by atoms with van der Waals surface area (Å²) in [4.78, 5) is 11.6. The zero-order chi connectivity index (χ0) is 13.2. The number of nitrogens with one attached hydrogen (secondary N) is 1. The summed E-state index contributed by atoms with van der Waals surface area (Å²) >= 11 is 0. The van der Waals surface area contributed by atoms with Crippen LogP contribution in [0.15, 0.2) is 24.3 Å². The molecule has 0 saturated heterocycles. The van der Waals surface area contributed by atoms with E-state index >= 15 is 0 Å². The van der Waals surface area contributed by atoms with E-state index in [1.165, 1.54) is 12.1 Å². The maximum Gasteiger partial charge on any atom is 0.254 e. The van der Waals surface area contributed by atoms with Crippen molar-refractivity contribution in [2.24, 2.45) is 0 Å². The Labute approximate surface area is 107 Å². The number of benzene rings is 1. The van der Waals surface area contributed by atoms with Crippen LogP contribution in [0.4, 0.5) is 4.39 Å². The molecule has 0 aromatic heterocycles. The molecular formula is C14H20FNO2. The zero-order valence-electron chi connectivity index (χ0n) is 10.7. The minimum Gasteiger partial charge on any atom is -0.381 e. The van der Waals surface area contributed by atoms with Crippen molar-refractivity contribution in [3.63, 3.8) is 0 Å². The van der Waals surface area contributed by atoms with Crippen LogP contribution in [0.3, 0.4) is 0 Å². The van der Waals surface area contributed by atoms with Gasteiger partial charge in [-0.3, -0.25) is 4.79 Å². The van der Waals surface area contributed by atoms with Crippen LogP contribution in [0.2, 0.25) is 0 Å². The summed E-state index contributed by atoms with van der Waals surface area (Å²) in [5, 5.41) is 2.67. The largest absolute Gasteiger partial charge is 0.381 e. The van der Waals surface area contributed by atoms with Gasteiger partial charge >= 0.3 is 0 Å². The lowest BCUT2D eigenvalue weighted by molar-refractivity contribution is 0.0936. The van der Waals surface area contributed by atoms with Gasteiger partial charge in [-0.25, -0.2) is 4.39 Å². The maximum absolute atomic E-state index is 13.3. The van der Waals surface area contributed by atoms with Crippen LogP contribution in [0.5, 0.6) is 0 Å². The van der Waals surface area contributed by atoms with Crippen molar-refractivity contribution in [1.82, 2.24) is 5.32 Å². The van der Waals surface area contributed by atoms with Crippen LogP contribution in [-0.2, 0) is 4.74 Å². The van der Waals surface area contributed by atoms with Crippen molar-refractivity contribution in [3.8, 4) is 0 Å². The summed E-state index contributed by atoms with van der Waals surface area (Å²) in [6.45, 7) is 3.99. The number of halogens is 1. The summed E-state index contributed by atoms with van der Waals surface area (Å²) in [7, 11) is 0. The third-order valence-corrected chi connectivity index (χ3v) is 2.51. The Morgan fingerprint density at radius 2 is 2.00 bits per heavy atom. The fourth-order valence-electron chi connectivity index (χ4n) is 1.47. The molecule has 1 aromatic carbocycles. The summed E-state index contributed by atoms with van der Waals surface area (Å²) in [5.74, 6) is -0.865. The van der Waals surface area contributed by atoms with Crippen LogP contribution in [0.25, 0.3) is 0 Å². The Kier molecular flexibility index (Phi) is 7.03. The van der Waals surface area contributed by atoms with Crippen molar-refractivity contribution in [1.29, 1.82) is 0 Å². The SMILES string of the molecule is CCCCOCCCNC(=O)c1ccccc1F. The van der Waals surface area contributed by atoms with E-state index in [0.717, 1.165) is 25.9 Å². The van der Waals surface area contributed by atoms with Crippen LogP contribution >= 0.6 is 0 Å². The maximum atomic E-state index is 13.3. The second-order valence-electron chi connectivity index (χ2n) is 4.06. The average Bonchev–Trinajstić information content (AvgIpc) is 2.38. The van der Waals surface area contributed by atoms with E-state index in [1.807, 2.05) is 0 Å². The summed E-state index contributed by atoms with van der Waals surface area (Å²) in [5.41, 5.74) is 0.0874. The molecule has 0 aliphatic rings. The second-order valence-corrected chi connectivity index (χ2v) is 4.06. The summed E-state index contributed by atoms with van der Waals surface area (Å²) in [6.07, 6.45) is 2.91. The van der Waals surface area contributed by atoms with Gasteiger partial charge in [-0.1, -0.05) is 25.5 Å². The Balaban J connectivity index is 2.16. The Morgan fingerprint density at radius 3 is 2.72 bits per heavy atom. The van der Waals surface area contributed by atoms with Gasteiger partial charge in [0.15, 0.2) is 0 Å². The first-order valence-electron chi connectivity index (χ1n) is 6.36. The number of amides is 1. The van der Waals surface area contributed by atoms with E-state index in [0.29, 0.717) is 13.2 Å². The first kappa shape index (κ1) is 14.6. The second kappa shape index (κ2) is 8.64. The van der Waals surface area contributed by atoms with Gasteiger partial charge in [0, 0.05) is 19.8 Å². The first-order chi connectivity index (χ1) is 8.75. The molecule has 100 valence electrons. The molecule has 0 atom stereocenters. The topological polar surface area (TPSA) is 38.3 Å². The van der Waals surface area contributed by atoms with E-state index in [-0.39, 0.29) is 11.5 Å². The fraction of sp³-hybridized carbons (Fsp3) is 0.500. The summed E-state index contributed by atoms with van der Waals surface area (Å²) in [6, 6.07) is 5.96. The lowest BCUT2D eigenvalue weighted by Gasteiger charge is -2.06. The highest BCUT2D eigenvalue weighted by Crippen LogP contribution is 2.05. The molecule has 0 aliphatic carbocycles. The number of hydrogen-bond donors (Lipinski definition) is 1. The molecule has 1 amide bonds. The van der Waals surface area contributed by atoms with E-state index in [1.54, 1.807) is 12.1 Å². The third-order valence-electron chi connectivity index (χ3n) is 2.51. The van der Waals surface area contributed by atoms with Gasteiger partial charge in [0.05, 0.1) is 5.56 Å². The molecule has 0 fully saturated rings. The van der Waals surface area contributed by atoms with Gasteiger partial charge in [0.25, 0.3) is 5.91 Å². The lowest BCUT2D eigenvalue weighted by Crippen LogP contribution is -2.26.